The van der Waals surface area contributed by atoms with Gasteiger partial charge in [-0.1, -0.05) is 45.0 Å². The van der Waals surface area contributed by atoms with Crippen LogP contribution in [0.15, 0.2) is 52.9 Å². The number of aliphatic hydroxyl groups is 1. The van der Waals surface area contributed by atoms with E-state index in [1.807, 2.05) is 52.0 Å². The third-order valence-electron chi connectivity index (χ3n) is 10.4. The van der Waals surface area contributed by atoms with Crippen molar-refractivity contribution in [3.05, 3.63) is 69.3 Å². The topological polar surface area (TPSA) is 243 Å². The number of likely N-dealkylation sites (tertiary alicyclic amines) is 1. The highest BCUT2D eigenvalue weighted by atomic mass is 32.2. The summed E-state index contributed by atoms with van der Waals surface area (Å²) in [5.41, 5.74) is 3.86. The van der Waals surface area contributed by atoms with Crippen molar-refractivity contribution in [1.29, 1.82) is 0 Å². The van der Waals surface area contributed by atoms with Crippen LogP contribution in [-0.2, 0) is 35.7 Å². The molecule has 0 spiro atoms. The standard InChI is InChI=1S/C39H55N9O9S2/c1-26-35(58-25-43-26)28-7-5-27(6-8-28)23-42-37(51)33-21-29(49)24-47(33)38(52)36(39(2,3)4)44-34(50)11-19-57-20-18-46-16-14-45(15-17-46)13-12-41-31-10-9-30(59(40,55)56)22-32(31)48(53)54/h5-10,22,25,29,33,36,41,49H,11-21,23-24H2,1-4H3,(H,42,51)(H,44,50)(H2,40,55,56)/t29-,33+,36?/m1/s1. The fourth-order valence-electron chi connectivity index (χ4n) is 7.05. The molecule has 0 aliphatic carbocycles. The average molecular weight is 858 g/mol. The molecular formula is C39H55N9O9S2. The van der Waals surface area contributed by atoms with E-state index in [1.54, 1.807) is 16.8 Å². The molecular weight excluding hydrogens is 803 g/mol. The van der Waals surface area contributed by atoms with Crippen molar-refractivity contribution >= 4 is 50.5 Å². The first-order valence-electron chi connectivity index (χ1n) is 19.5. The zero-order valence-corrected chi connectivity index (χ0v) is 35.5. The van der Waals surface area contributed by atoms with Crippen molar-refractivity contribution in [3.63, 3.8) is 0 Å². The second kappa shape index (κ2) is 20.1. The van der Waals surface area contributed by atoms with Crippen molar-refractivity contribution < 1.29 is 37.6 Å². The van der Waals surface area contributed by atoms with Crippen molar-refractivity contribution in [2.45, 2.75) is 70.2 Å². The summed E-state index contributed by atoms with van der Waals surface area (Å²) in [7, 11) is -4.07. The number of nitro benzene ring substituents is 1. The number of β-amino-alcohol motifs (C(OH)–C–C–N with tert-alkyl or cyclic N) is 1. The maximum absolute atomic E-state index is 13.9. The van der Waals surface area contributed by atoms with Gasteiger partial charge in [0.25, 0.3) is 5.69 Å². The summed E-state index contributed by atoms with van der Waals surface area (Å²) >= 11 is 1.57. The number of rotatable bonds is 18. The summed E-state index contributed by atoms with van der Waals surface area (Å²) in [6.45, 7) is 13.1. The van der Waals surface area contributed by atoms with Crippen LogP contribution in [0.1, 0.15) is 44.9 Å². The van der Waals surface area contributed by atoms with E-state index in [0.29, 0.717) is 26.2 Å². The van der Waals surface area contributed by atoms with Gasteiger partial charge in [-0.15, -0.1) is 11.3 Å². The number of nitrogens with one attached hydrogen (secondary N) is 3. The molecule has 2 aromatic carbocycles. The number of aryl methyl sites for hydroxylation is 1. The third kappa shape index (κ3) is 12.7. The molecule has 2 aliphatic rings. The van der Waals surface area contributed by atoms with Crippen LogP contribution in [0.25, 0.3) is 10.4 Å². The normalized spacial score (nSPS) is 18.4. The maximum Gasteiger partial charge on any atom is 0.293 e. The average Bonchev–Trinajstić information content (AvgIpc) is 3.80. The monoisotopic (exact) mass is 857 g/mol. The van der Waals surface area contributed by atoms with Crippen LogP contribution in [0.3, 0.4) is 0 Å². The molecule has 3 aromatic rings. The smallest absolute Gasteiger partial charge is 0.293 e. The summed E-state index contributed by atoms with van der Waals surface area (Å²) < 4.78 is 29.0. The Morgan fingerprint density at radius 2 is 1.75 bits per heavy atom. The van der Waals surface area contributed by atoms with Gasteiger partial charge in [0.15, 0.2) is 0 Å². The van der Waals surface area contributed by atoms with Crippen LogP contribution < -0.4 is 21.1 Å². The quantitative estimate of drug-likeness (QED) is 0.0699. The van der Waals surface area contributed by atoms with Crippen molar-refractivity contribution in [2.75, 3.05) is 70.9 Å². The van der Waals surface area contributed by atoms with E-state index in [9.17, 15) is 38.0 Å². The number of primary sulfonamides is 1. The van der Waals surface area contributed by atoms with Crippen molar-refractivity contribution in [3.8, 4) is 10.4 Å². The van der Waals surface area contributed by atoms with E-state index < -0.39 is 44.5 Å². The van der Waals surface area contributed by atoms with Gasteiger partial charge in [0.2, 0.25) is 27.7 Å². The SMILES string of the molecule is Cc1ncsc1-c1ccc(CNC(=O)[C@@H]2C[C@@H](O)CN2C(=O)C(NC(=O)CCOCCN2CCN(CCNc3ccc(S(N)(=O)=O)cc3[N+](=O)[O-])CC2)C(C)(C)C)cc1. The van der Waals surface area contributed by atoms with Gasteiger partial charge in [-0.25, -0.2) is 18.5 Å². The van der Waals surface area contributed by atoms with E-state index in [1.165, 1.54) is 17.0 Å². The number of anilines is 1. The van der Waals surface area contributed by atoms with Crippen LogP contribution in [0.4, 0.5) is 11.4 Å². The molecule has 18 nitrogen and oxygen atoms in total. The number of amides is 3. The lowest BCUT2D eigenvalue weighted by Crippen LogP contribution is -2.57. The largest absolute Gasteiger partial charge is 0.391 e. The predicted octanol–water partition coefficient (Wildman–Crippen LogP) is 1.92. The molecule has 322 valence electrons. The van der Waals surface area contributed by atoms with E-state index >= 15 is 0 Å². The van der Waals surface area contributed by atoms with Gasteiger partial charge in [-0.2, -0.15) is 0 Å². The highest BCUT2D eigenvalue weighted by molar-refractivity contribution is 7.89. The summed E-state index contributed by atoms with van der Waals surface area (Å²) in [6.07, 6.45) is -0.734. The summed E-state index contributed by atoms with van der Waals surface area (Å²) in [6, 6.07) is 9.55. The number of hydrogen-bond donors (Lipinski definition) is 5. The van der Waals surface area contributed by atoms with Gasteiger partial charge in [0.05, 0.1) is 45.2 Å². The van der Waals surface area contributed by atoms with Crippen LogP contribution in [-0.4, -0.2) is 140 Å². The molecule has 3 heterocycles. The van der Waals surface area contributed by atoms with Crippen LogP contribution >= 0.6 is 11.3 Å². The molecule has 2 saturated heterocycles. The van der Waals surface area contributed by atoms with Gasteiger partial charge in [0, 0.05) is 77.8 Å². The second-order valence-electron chi connectivity index (χ2n) is 15.9. The molecule has 1 aromatic heterocycles. The Morgan fingerprint density at radius 1 is 1.07 bits per heavy atom. The Bertz CT molecular complexity index is 2050. The van der Waals surface area contributed by atoms with Gasteiger partial charge in [0.1, 0.15) is 17.8 Å². The third-order valence-corrected chi connectivity index (χ3v) is 12.3. The number of hydrogen-bond acceptors (Lipinski definition) is 14. The minimum Gasteiger partial charge on any atom is -0.391 e. The molecule has 6 N–H and O–H groups in total. The van der Waals surface area contributed by atoms with Gasteiger partial charge < -0.3 is 30.7 Å². The number of sulfonamides is 1. The first-order chi connectivity index (χ1) is 27.9. The molecule has 1 unspecified atom stereocenters. The van der Waals surface area contributed by atoms with Crippen molar-refractivity contribution in [2.24, 2.45) is 10.6 Å². The highest BCUT2D eigenvalue weighted by Gasteiger charge is 2.44. The Balaban J connectivity index is 1.01. The lowest BCUT2D eigenvalue weighted by atomic mass is 9.85. The van der Waals surface area contributed by atoms with Gasteiger partial charge >= 0.3 is 0 Å². The van der Waals surface area contributed by atoms with Crippen molar-refractivity contribution in [1.82, 2.24) is 30.3 Å². The molecule has 5 rings (SSSR count). The number of carbonyl (C=O) groups excluding carboxylic acids is 3. The van der Waals surface area contributed by atoms with Crippen LogP contribution in [0, 0.1) is 22.5 Å². The number of nitro groups is 1. The molecule has 2 aliphatic heterocycles. The van der Waals surface area contributed by atoms with Crippen LogP contribution in [0.5, 0.6) is 0 Å². The molecule has 3 atom stereocenters. The van der Waals surface area contributed by atoms with E-state index in [-0.39, 0.29) is 60.6 Å². The fourth-order valence-corrected chi connectivity index (χ4v) is 8.39. The second-order valence-corrected chi connectivity index (χ2v) is 18.3. The van der Waals surface area contributed by atoms with E-state index in [4.69, 9.17) is 9.88 Å². The predicted molar refractivity (Wildman–Crippen MR) is 223 cm³/mol. The number of benzene rings is 2. The molecule has 0 saturated carbocycles. The van der Waals surface area contributed by atoms with E-state index in [0.717, 1.165) is 53.9 Å². The lowest BCUT2D eigenvalue weighted by molar-refractivity contribution is -0.384. The molecule has 20 heteroatoms. The lowest BCUT2D eigenvalue weighted by Gasteiger charge is -2.35. The Morgan fingerprint density at radius 3 is 2.36 bits per heavy atom. The summed E-state index contributed by atoms with van der Waals surface area (Å²) in [4.78, 5) is 62.1. The summed E-state index contributed by atoms with van der Waals surface area (Å²) in [5, 5.41) is 35.9. The number of piperazine rings is 1. The molecule has 3 amide bonds. The highest BCUT2D eigenvalue weighted by Crippen LogP contribution is 2.29. The number of carbonyl (C=O) groups is 3. The zero-order valence-electron chi connectivity index (χ0n) is 33.9. The Labute approximate surface area is 348 Å². The minimum atomic E-state index is -4.07. The van der Waals surface area contributed by atoms with Crippen LogP contribution in [0.2, 0.25) is 0 Å². The summed E-state index contributed by atoms with van der Waals surface area (Å²) in [5.74, 6) is -1.16. The first kappa shape index (κ1) is 45.5. The van der Waals surface area contributed by atoms with E-state index in [2.05, 4.69) is 30.7 Å². The maximum atomic E-state index is 13.9. The fraction of sp³-hybridized carbons (Fsp3) is 0.538. The Kier molecular flexibility index (Phi) is 15.5. The Hall–Kier alpha value is -4.57. The number of ether oxygens (including phenoxy) is 1. The number of nitrogens with zero attached hydrogens (tertiary/aromatic N) is 5. The number of nitrogens with two attached hydrogens (primary N) is 1. The molecule has 0 radical (unpaired) electrons. The molecule has 59 heavy (non-hydrogen) atoms. The molecule has 0 bridgehead atoms. The van der Waals surface area contributed by atoms with Gasteiger partial charge in [-0.05, 0) is 35.6 Å². The number of thiazole rings is 1. The first-order valence-corrected chi connectivity index (χ1v) is 22.0. The molecule has 2 fully saturated rings. The number of aliphatic hydroxyl groups excluding tert-OH is 1. The zero-order chi connectivity index (χ0) is 42.9. The van der Waals surface area contributed by atoms with Gasteiger partial charge in [-0.3, -0.25) is 34.3 Å². The minimum absolute atomic E-state index is 0.0127. The number of aromatic nitrogens is 1.